The Morgan fingerprint density at radius 2 is 1.85 bits per heavy atom. The largest absolute Gasteiger partial charge is 0.357 e. The predicted molar refractivity (Wildman–Crippen MR) is 112 cm³/mol. The van der Waals surface area contributed by atoms with Crippen LogP contribution in [-0.4, -0.2) is 73.1 Å². The number of hydrogen-bond acceptors (Lipinski definition) is 5. The van der Waals surface area contributed by atoms with Gasteiger partial charge in [-0.2, -0.15) is 0 Å². The smallest absolute Gasteiger partial charge is 0.191 e. The molecule has 1 aliphatic heterocycles. The number of likely N-dealkylation sites (N-methyl/N-ethyl adjacent to an activating group) is 1. The van der Waals surface area contributed by atoms with Crippen molar-refractivity contribution in [3.63, 3.8) is 0 Å². The number of aromatic nitrogens is 1. The fourth-order valence-corrected chi connectivity index (χ4v) is 4.14. The van der Waals surface area contributed by atoms with E-state index in [9.17, 15) is 0 Å². The van der Waals surface area contributed by atoms with Gasteiger partial charge in [0.2, 0.25) is 0 Å². The Hall–Kier alpha value is -1.18. The Morgan fingerprint density at radius 3 is 2.42 bits per heavy atom. The molecule has 2 N–H and O–H groups in total. The van der Waals surface area contributed by atoms with Gasteiger partial charge in [-0.1, -0.05) is 13.8 Å². The molecule has 0 amide bonds. The van der Waals surface area contributed by atoms with Crippen LogP contribution in [0.4, 0.5) is 0 Å². The first-order valence-electron chi connectivity index (χ1n) is 9.91. The summed E-state index contributed by atoms with van der Waals surface area (Å²) in [6.07, 6.45) is 0. The van der Waals surface area contributed by atoms with Gasteiger partial charge in [-0.15, -0.1) is 11.3 Å². The topological polar surface area (TPSA) is 55.8 Å². The molecule has 148 valence electrons. The van der Waals surface area contributed by atoms with Crippen LogP contribution < -0.4 is 10.6 Å². The van der Waals surface area contributed by atoms with Crippen LogP contribution in [0.15, 0.2) is 4.99 Å². The molecule has 1 saturated heterocycles. The summed E-state index contributed by atoms with van der Waals surface area (Å²) >= 11 is 1.74. The molecule has 0 aliphatic carbocycles. The normalized spacial score (nSPS) is 18.1. The summed E-state index contributed by atoms with van der Waals surface area (Å²) in [5.74, 6) is 1.50. The third kappa shape index (κ3) is 6.85. The lowest BCUT2D eigenvalue weighted by Gasteiger charge is -2.35. The summed E-state index contributed by atoms with van der Waals surface area (Å²) in [6, 6.07) is 0. The lowest BCUT2D eigenvalue weighted by atomic mass is 10.1. The van der Waals surface area contributed by atoms with E-state index in [1.54, 1.807) is 11.3 Å². The molecule has 1 atom stereocenters. The van der Waals surface area contributed by atoms with E-state index < -0.39 is 0 Å². The van der Waals surface area contributed by atoms with Crippen LogP contribution in [0, 0.1) is 19.8 Å². The van der Waals surface area contributed by atoms with Crippen LogP contribution in [0.5, 0.6) is 0 Å². The molecule has 0 spiro atoms. The number of guanidine groups is 1. The highest BCUT2D eigenvalue weighted by Crippen LogP contribution is 2.17. The number of nitrogens with one attached hydrogen (secondary N) is 2. The summed E-state index contributed by atoms with van der Waals surface area (Å²) in [5, 5.41) is 7.98. The fraction of sp³-hybridized carbons (Fsp3) is 0.789. The molecule has 1 aromatic rings. The molecule has 7 heteroatoms. The number of thiazole rings is 1. The van der Waals surface area contributed by atoms with Gasteiger partial charge in [0.25, 0.3) is 0 Å². The van der Waals surface area contributed by atoms with Gasteiger partial charge in [0.1, 0.15) is 0 Å². The van der Waals surface area contributed by atoms with E-state index in [0.29, 0.717) is 12.5 Å². The van der Waals surface area contributed by atoms with Crippen molar-refractivity contribution in [1.82, 2.24) is 25.4 Å². The van der Waals surface area contributed by atoms with Crippen LogP contribution in [-0.2, 0) is 6.54 Å². The average Bonchev–Trinajstić information content (AvgIpc) is 2.95. The number of piperazine rings is 1. The summed E-state index contributed by atoms with van der Waals surface area (Å²) in [7, 11) is 0. The lowest BCUT2D eigenvalue weighted by Crippen LogP contribution is -2.48. The van der Waals surface area contributed by atoms with Crippen molar-refractivity contribution in [1.29, 1.82) is 0 Å². The highest BCUT2D eigenvalue weighted by molar-refractivity contribution is 7.11. The first kappa shape index (κ1) is 21.1. The van der Waals surface area contributed by atoms with Gasteiger partial charge in [0.05, 0.1) is 17.2 Å². The van der Waals surface area contributed by atoms with Crippen molar-refractivity contribution in [2.24, 2.45) is 10.9 Å². The van der Waals surface area contributed by atoms with E-state index in [-0.39, 0.29) is 0 Å². The van der Waals surface area contributed by atoms with Crippen molar-refractivity contribution in [3.05, 3.63) is 15.6 Å². The maximum Gasteiger partial charge on any atom is 0.191 e. The highest BCUT2D eigenvalue weighted by Gasteiger charge is 2.17. The SMILES string of the molecule is CCNC(=NCc1sc(C)nc1C)NCC(C)CN1CCN(CC)CC1. The number of nitrogens with zero attached hydrogens (tertiary/aromatic N) is 4. The number of aliphatic imine (C=N–C) groups is 1. The number of hydrogen-bond donors (Lipinski definition) is 2. The van der Waals surface area contributed by atoms with Gasteiger partial charge in [-0.25, -0.2) is 9.98 Å². The molecule has 0 saturated carbocycles. The summed E-state index contributed by atoms with van der Waals surface area (Å²) < 4.78 is 0. The Labute approximate surface area is 163 Å². The van der Waals surface area contributed by atoms with E-state index >= 15 is 0 Å². The van der Waals surface area contributed by atoms with Gasteiger partial charge in [0, 0.05) is 50.7 Å². The molecular weight excluding hydrogens is 344 g/mol. The minimum absolute atomic E-state index is 0.597. The molecule has 1 fully saturated rings. The maximum absolute atomic E-state index is 4.74. The van der Waals surface area contributed by atoms with Crippen LogP contribution >= 0.6 is 11.3 Å². The number of aryl methyl sites for hydroxylation is 2. The quantitative estimate of drug-likeness (QED) is 0.534. The number of rotatable bonds is 8. The first-order chi connectivity index (χ1) is 12.5. The van der Waals surface area contributed by atoms with Gasteiger partial charge in [-0.05, 0) is 33.2 Å². The minimum atomic E-state index is 0.597. The van der Waals surface area contributed by atoms with Crippen molar-refractivity contribution < 1.29 is 0 Å². The van der Waals surface area contributed by atoms with Crippen molar-refractivity contribution in [2.75, 3.05) is 52.4 Å². The minimum Gasteiger partial charge on any atom is -0.357 e. The Morgan fingerprint density at radius 1 is 1.15 bits per heavy atom. The molecule has 0 aromatic carbocycles. The molecule has 26 heavy (non-hydrogen) atoms. The van der Waals surface area contributed by atoms with Crippen molar-refractivity contribution in [3.8, 4) is 0 Å². The zero-order valence-corrected chi connectivity index (χ0v) is 18.0. The highest BCUT2D eigenvalue weighted by atomic mass is 32.1. The summed E-state index contributed by atoms with van der Waals surface area (Å²) in [6.45, 7) is 20.4. The molecule has 0 radical (unpaired) electrons. The second-order valence-corrected chi connectivity index (χ2v) is 8.45. The maximum atomic E-state index is 4.74. The van der Waals surface area contributed by atoms with Crippen LogP contribution in [0.3, 0.4) is 0 Å². The molecule has 2 heterocycles. The van der Waals surface area contributed by atoms with E-state index in [2.05, 4.69) is 60.0 Å². The van der Waals surface area contributed by atoms with E-state index in [4.69, 9.17) is 4.99 Å². The van der Waals surface area contributed by atoms with Crippen molar-refractivity contribution in [2.45, 2.75) is 41.2 Å². The molecule has 1 aromatic heterocycles. The molecule has 1 unspecified atom stereocenters. The van der Waals surface area contributed by atoms with Gasteiger partial charge in [0.15, 0.2) is 5.96 Å². The van der Waals surface area contributed by atoms with Crippen LogP contribution in [0.25, 0.3) is 0 Å². The third-order valence-electron chi connectivity index (χ3n) is 4.82. The molecule has 6 nitrogen and oxygen atoms in total. The second kappa shape index (κ2) is 10.8. The molecular formula is C19H36N6S. The Balaban J connectivity index is 1.78. The predicted octanol–water partition coefficient (Wildman–Crippen LogP) is 2.09. The molecule has 1 aliphatic rings. The molecule has 2 rings (SSSR count). The van der Waals surface area contributed by atoms with E-state index in [0.717, 1.165) is 36.3 Å². The lowest BCUT2D eigenvalue weighted by molar-refractivity contribution is 0.124. The van der Waals surface area contributed by atoms with Crippen LogP contribution in [0.2, 0.25) is 0 Å². The Kier molecular flexibility index (Phi) is 8.81. The Bertz CT molecular complexity index is 562. The third-order valence-corrected chi connectivity index (χ3v) is 5.88. The average molecular weight is 381 g/mol. The van der Waals surface area contributed by atoms with E-state index in [1.165, 1.54) is 37.6 Å². The van der Waals surface area contributed by atoms with Gasteiger partial charge < -0.3 is 20.4 Å². The summed E-state index contributed by atoms with van der Waals surface area (Å²) in [4.78, 5) is 15.6. The zero-order valence-electron chi connectivity index (χ0n) is 17.1. The van der Waals surface area contributed by atoms with E-state index in [1.807, 2.05) is 0 Å². The first-order valence-corrected chi connectivity index (χ1v) is 10.7. The fourth-order valence-electron chi connectivity index (χ4n) is 3.28. The zero-order chi connectivity index (χ0) is 18.9. The van der Waals surface area contributed by atoms with Gasteiger partial charge in [-0.3, -0.25) is 0 Å². The monoisotopic (exact) mass is 380 g/mol. The van der Waals surface area contributed by atoms with Crippen LogP contribution in [0.1, 0.15) is 36.3 Å². The van der Waals surface area contributed by atoms with Gasteiger partial charge >= 0.3 is 0 Å². The second-order valence-electron chi connectivity index (χ2n) is 7.16. The summed E-state index contributed by atoms with van der Waals surface area (Å²) in [5.41, 5.74) is 1.10. The standard InChI is InChI=1S/C19H36N6S/c1-6-20-19(22-13-18-16(4)23-17(5)26-18)21-12-15(3)14-25-10-8-24(7-2)9-11-25/h15H,6-14H2,1-5H3,(H2,20,21,22). The molecule has 0 bridgehead atoms. The van der Waals surface area contributed by atoms with Crippen molar-refractivity contribution >= 4 is 17.3 Å².